The molecule has 1 aromatic rings. The van der Waals surface area contributed by atoms with E-state index in [2.05, 4.69) is 10.6 Å². The van der Waals surface area contributed by atoms with E-state index in [1.807, 2.05) is 32.0 Å². The average molecular weight is 333 g/mol. The molecule has 1 aliphatic rings. The molecule has 1 aliphatic heterocycles. The number of nitrogens with one attached hydrogen (secondary N) is 2. The second kappa shape index (κ2) is 7.81. The molecule has 130 valence electrons. The minimum absolute atomic E-state index is 0.0369. The van der Waals surface area contributed by atoms with E-state index in [4.69, 9.17) is 4.74 Å². The van der Waals surface area contributed by atoms with Crippen LogP contribution in [0.2, 0.25) is 0 Å². The minimum atomic E-state index is -0.390. The fourth-order valence-electron chi connectivity index (χ4n) is 2.66. The molecule has 0 unspecified atom stereocenters. The van der Waals surface area contributed by atoms with Crippen molar-refractivity contribution in [3.63, 3.8) is 0 Å². The van der Waals surface area contributed by atoms with E-state index in [-0.39, 0.29) is 37.4 Å². The molecule has 2 rings (SSSR count). The van der Waals surface area contributed by atoms with E-state index in [0.29, 0.717) is 6.42 Å². The quantitative estimate of drug-likeness (QED) is 0.741. The monoisotopic (exact) mass is 333 g/mol. The number of methoxy groups -OCH3 is 1. The molecule has 1 saturated heterocycles. The zero-order valence-corrected chi connectivity index (χ0v) is 14.2. The van der Waals surface area contributed by atoms with Crippen LogP contribution in [0.5, 0.6) is 5.75 Å². The van der Waals surface area contributed by atoms with Crippen LogP contribution in [0.25, 0.3) is 0 Å². The Bertz CT molecular complexity index is 629. The Morgan fingerprint density at radius 2 is 2.17 bits per heavy atom. The number of urea groups is 1. The maximum absolute atomic E-state index is 12.1. The summed E-state index contributed by atoms with van der Waals surface area (Å²) in [6.45, 7) is 4.16. The Morgan fingerprint density at radius 3 is 2.79 bits per heavy atom. The molecule has 2 N–H and O–H groups in total. The molecule has 0 aliphatic carbocycles. The minimum Gasteiger partial charge on any atom is -0.496 e. The number of carbonyl (C=O) groups is 3. The molecule has 24 heavy (non-hydrogen) atoms. The SMILES string of the molecule is COc1ccc(C)cc1[C@H](C)NC(=O)CCCN1C(=O)CNC1=O. The van der Waals surface area contributed by atoms with Crippen LogP contribution in [0.15, 0.2) is 18.2 Å². The van der Waals surface area contributed by atoms with Crippen LogP contribution in [0, 0.1) is 6.92 Å². The smallest absolute Gasteiger partial charge is 0.324 e. The van der Waals surface area contributed by atoms with Crippen molar-refractivity contribution in [1.29, 1.82) is 0 Å². The highest BCUT2D eigenvalue weighted by atomic mass is 16.5. The van der Waals surface area contributed by atoms with Gasteiger partial charge in [-0.05, 0) is 26.3 Å². The summed E-state index contributed by atoms with van der Waals surface area (Å²) in [5.41, 5.74) is 2.01. The molecule has 1 aromatic carbocycles. The first-order valence-corrected chi connectivity index (χ1v) is 7.94. The second-order valence-corrected chi connectivity index (χ2v) is 5.84. The second-order valence-electron chi connectivity index (χ2n) is 5.84. The number of aryl methyl sites for hydroxylation is 1. The molecular formula is C17H23N3O4. The van der Waals surface area contributed by atoms with Crippen molar-refractivity contribution in [2.24, 2.45) is 0 Å². The van der Waals surface area contributed by atoms with E-state index in [0.717, 1.165) is 21.8 Å². The number of ether oxygens (including phenoxy) is 1. The number of carbonyl (C=O) groups excluding carboxylic acids is 3. The molecule has 0 bridgehead atoms. The molecule has 0 saturated carbocycles. The highest BCUT2D eigenvalue weighted by molar-refractivity contribution is 6.01. The molecule has 7 nitrogen and oxygen atoms in total. The summed E-state index contributed by atoms with van der Waals surface area (Å²) < 4.78 is 5.34. The van der Waals surface area contributed by atoms with Crippen LogP contribution in [0.1, 0.15) is 36.9 Å². The first-order chi connectivity index (χ1) is 11.4. The van der Waals surface area contributed by atoms with Crippen LogP contribution in [0.4, 0.5) is 4.79 Å². The van der Waals surface area contributed by atoms with Gasteiger partial charge >= 0.3 is 6.03 Å². The lowest BCUT2D eigenvalue weighted by Crippen LogP contribution is -2.33. The predicted octanol–water partition coefficient (Wildman–Crippen LogP) is 1.51. The largest absolute Gasteiger partial charge is 0.496 e. The number of nitrogens with zero attached hydrogens (tertiary/aromatic N) is 1. The number of rotatable bonds is 7. The fraction of sp³-hybridized carbons (Fsp3) is 0.471. The summed E-state index contributed by atoms with van der Waals surface area (Å²) in [6, 6.07) is 5.24. The van der Waals surface area contributed by atoms with Gasteiger partial charge in [-0.15, -0.1) is 0 Å². The summed E-state index contributed by atoms with van der Waals surface area (Å²) in [4.78, 5) is 36.1. The third-order valence-electron chi connectivity index (χ3n) is 3.95. The Kier molecular flexibility index (Phi) is 5.78. The molecule has 1 heterocycles. The van der Waals surface area contributed by atoms with Crippen molar-refractivity contribution in [2.45, 2.75) is 32.7 Å². The first-order valence-electron chi connectivity index (χ1n) is 7.94. The van der Waals surface area contributed by atoms with E-state index in [1.165, 1.54) is 0 Å². The molecule has 4 amide bonds. The highest BCUT2D eigenvalue weighted by Crippen LogP contribution is 2.26. The highest BCUT2D eigenvalue weighted by Gasteiger charge is 2.27. The van der Waals surface area contributed by atoms with Crippen LogP contribution in [-0.2, 0) is 9.59 Å². The standard InChI is InChI=1S/C17H23N3O4/c1-11-6-7-14(24-3)13(9-11)12(2)19-15(21)5-4-8-20-16(22)10-18-17(20)23/h6-7,9,12H,4-5,8,10H2,1-3H3,(H,18,23)(H,19,21)/t12-/m0/s1. The van der Waals surface area contributed by atoms with Gasteiger partial charge in [-0.25, -0.2) is 4.79 Å². The molecule has 0 aromatic heterocycles. The molecular weight excluding hydrogens is 310 g/mol. The number of imide groups is 1. The van der Waals surface area contributed by atoms with Gasteiger partial charge in [-0.1, -0.05) is 17.7 Å². The van der Waals surface area contributed by atoms with Gasteiger partial charge in [0.05, 0.1) is 19.7 Å². The zero-order chi connectivity index (χ0) is 17.7. The van der Waals surface area contributed by atoms with Gasteiger partial charge in [0.1, 0.15) is 5.75 Å². The van der Waals surface area contributed by atoms with Crippen LogP contribution < -0.4 is 15.4 Å². The Morgan fingerprint density at radius 1 is 1.42 bits per heavy atom. The summed E-state index contributed by atoms with van der Waals surface area (Å²) in [5.74, 6) is 0.351. The van der Waals surface area contributed by atoms with Crippen molar-refractivity contribution in [3.05, 3.63) is 29.3 Å². The van der Waals surface area contributed by atoms with E-state index >= 15 is 0 Å². The average Bonchev–Trinajstić information content (AvgIpc) is 2.86. The first kappa shape index (κ1) is 17.8. The van der Waals surface area contributed by atoms with Gasteiger partial charge in [0.15, 0.2) is 0 Å². The van der Waals surface area contributed by atoms with Crippen molar-refractivity contribution in [2.75, 3.05) is 20.2 Å². The van der Waals surface area contributed by atoms with Gasteiger partial charge in [-0.3, -0.25) is 14.5 Å². The maximum atomic E-state index is 12.1. The van der Waals surface area contributed by atoms with Gasteiger partial charge < -0.3 is 15.4 Å². The number of hydrogen-bond donors (Lipinski definition) is 2. The summed E-state index contributed by atoms with van der Waals surface area (Å²) in [7, 11) is 1.60. The third kappa shape index (κ3) is 4.24. The Balaban J connectivity index is 1.85. The molecule has 7 heteroatoms. The van der Waals surface area contributed by atoms with Crippen LogP contribution >= 0.6 is 0 Å². The van der Waals surface area contributed by atoms with Gasteiger partial charge in [0.2, 0.25) is 11.8 Å². The third-order valence-corrected chi connectivity index (χ3v) is 3.95. The topological polar surface area (TPSA) is 87.7 Å². The lowest BCUT2D eigenvalue weighted by molar-refractivity contribution is -0.126. The van der Waals surface area contributed by atoms with Crippen LogP contribution in [-0.4, -0.2) is 42.9 Å². The Hall–Kier alpha value is -2.57. The molecule has 0 spiro atoms. The summed E-state index contributed by atoms with van der Waals surface area (Å²) in [6.07, 6.45) is 0.679. The number of hydrogen-bond acceptors (Lipinski definition) is 4. The van der Waals surface area contributed by atoms with E-state index in [9.17, 15) is 14.4 Å². The summed E-state index contributed by atoms with van der Waals surface area (Å²) in [5, 5.41) is 5.38. The lowest BCUT2D eigenvalue weighted by Gasteiger charge is -2.18. The predicted molar refractivity (Wildman–Crippen MR) is 88.6 cm³/mol. The van der Waals surface area contributed by atoms with Gasteiger partial charge in [0.25, 0.3) is 0 Å². The number of benzene rings is 1. The lowest BCUT2D eigenvalue weighted by atomic mass is 10.0. The van der Waals surface area contributed by atoms with Crippen LogP contribution in [0.3, 0.4) is 0 Å². The Labute approximate surface area is 141 Å². The molecule has 1 fully saturated rings. The van der Waals surface area contributed by atoms with Gasteiger partial charge in [0, 0.05) is 18.5 Å². The van der Waals surface area contributed by atoms with E-state index < -0.39 is 6.03 Å². The fourth-order valence-corrected chi connectivity index (χ4v) is 2.66. The van der Waals surface area contributed by atoms with Crippen molar-refractivity contribution in [3.8, 4) is 5.75 Å². The molecule has 0 radical (unpaired) electrons. The molecule has 1 atom stereocenters. The zero-order valence-electron chi connectivity index (χ0n) is 14.2. The maximum Gasteiger partial charge on any atom is 0.324 e. The van der Waals surface area contributed by atoms with Crippen molar-refractivity contribution < 1.29 is 19.1 Å². The van der Waals surface area contributed by atoms with Crippen molar-refractivity contribution in [1.82, 2.24) is 15.5 Å². The summed E-state index contributed by atoms with van der Waals surface area (Å²) >= 11 is 0. The van der Waals surface area contributed by atoms with Crippen molar-refractivity contribution >= 4 is 17.8 Å². The van der Waals surface area contributed by atoms with E-state index in [1.54, 1.807) is 7.11 Å². The van der Waals surface area contributed by atoms with Gasteiger partial charge in [-0.2, -0.15) is 0 Å². The number of amides is 4. The normalized spacial score (nSPS) is 15.2.